The van der Waals surface area contributed by atoms with E-state index in [1.807, 2.05) is 25.2 Å². The maximum atomic E-state index is 11.2. The van der Waals surface area contributed by atoms with Crippen LogP contribution in [0.5, 0.6) is 0 Å². The van der Waals surface area contributed by atoms with Gasteiger partial charge in [0.15, 0.2) is 0 Å². The molecule has 0 saturated carbocycles. The Hall–Kier alpha value is -1.64. The Bertz CT molecular complexity index is 410. The zero-order valence-electron chi connectivity index (χ0n) is 8.32. The van der Waals surface area contributed by atoms with Crippen LogP contribution in [0.2, 0.25) is 0 Å². The Balaban J connectivity index is 2.41. The van der Waals surface area contributed by atoms with Gasteiger partial charge in [-0.05, 0) is 25.1 Å². The summed E-state index contributed by atoms with van der Waals surface area (Å²) >= 11 is 0. The number of aliphatic imine (C=N–C) groups is 1. The van der Waals surface area contributed by atoms with Gasteiger partial charge in [-0.3, -0.25) is 4.79 Å². The summed E-state index contributed by atoms with van der Waals surface area (Å²) in [5, 5.41) is 0. The van der Waals surface area contributed by atoms with E-state index in [0.29, 0.717) is 5.56 Å². The van der Waals surface area contributed by atoms with Crippen LogP contribution in [0.25, 0.3) is 0 Å². The van der Waals surface area contributed by atoms with Crippen molar-refractivity contribution in [3.05, 3.63) is 29.3 Å². The normalized spacial score (nSPS) is 13.1. The van der Waals surface area contributed by atoms with E-state index in [-0.39, 0.29) is 5.91 Å². The van der Waals surface area contributed by atoms with Crippen molar-refractivity contribution < 1.29 is 4.79 Å². The van der Waals surface area contributed by atoms with E-state index in [1.165, 1.54) is 0 Å². The molecular weight excluding hydrogens is 176 g/mol. The molecule has 1 aliphatic heterocycles. The van der Waals surface area contributed by atoms with Gasteiger partial charge in [0.2, 0.25) is 0 Å². The third-order valence-corrected chi connectivity index (χ3v) is 2.50. The highest BCUT2D eigenvalue weighted by molar-refractivity contribution is 6.13. The van der Waals surface area contributed by atoms with Crippen molar-refractivity contribution in [1.82, 2.24) is 0 Å². The molecule has 1 heterocycles. The lowest BCUT2D eigenvalue weighted by atomic mass is 10.1. The van der Waals surface area contributed by atoms with Gasteiger partial charge in [0.05, 0.1) is 5.56 Å². The number of rotatable bonds is 2. The summed E-state index contributed by atoms with van der Waals surface area (Å²) < 4.78 is 0. The minimum Gasteiger partial charge on any atom is -0.375 e. The predicted molar refractivity (Wildman–Crippen MR) is 57.3 cm³/mol. The van der Waals surface area contributed by atoms with Crippen LogP contribution in [0.4, 0.5) is 5.69 Å². The van der Waals surface area contributed by atoms with Crippen molar-refractivity contribution >= 4 is 17.8 Å². The van der Waals surface area contributed by atoms with Crippen LogP contribution in [-0.2, 0) is 0 Å². The largest absolute Gasteiger partial charge is 0.375 e. The molecule has 1 aromatic carbocycles. The molecule has 1 aromatic rings. The number of nitrogens with zero attached hydrogens (tertiary/aromatic N) is 2. The molecule has 0 aliphatic carbocycles. The van der Waals surface area contributed by atoms with Crippen LogP contribution in [0.3, 0.4) is 0 Å². The summed E-state index contributed by atoms with van der Waals surface area (Å²) in [5.74, 6) is -0.134. The number of hydrogen-bond donors (Lipinski definition) is 0. The fraction of sp³-hybridized carbons (Fsp3) is 0.273. The van der Waals surface area contributed by atoms with Crippen LogP contribution in [0, 0.1) is 0 Å². The monoisotopic (exact) mass is 188 g/mol. The molecule has 2 rings (SSSR count). The second kappa shape index (κ2) is 3.25. The van der Waals surface area contributed by atoms with Crippen LogP contribution >= 0.6 is 0 Å². The Labute approximate surface area is 83.1 Å². The van der Waals surface area contributed by atoms with Gasteiger partial charge in [0.25, 0.3) is 5.91 Å². The van der Waals surface area contributed by atoms with E-state index in [2.05, 4.69) is 16.8 Å². The van der Waals surface area contributed by atoms with Crippen molar-refractivity contribution in [1.29, 1.82) is 0 Å². The Morgan fingerprint density at radius 3 is 2.93 bits per heavy atom. The van der Waals surface area contributed by atoms with Gasteiger partial charge in [-0.1, -0.05) is 0 Å². The minimum atomic E-state index is -0.134. The number of benzene rings is 1. The zero-order valence-corrected chi connectivity index (χ0v) is 8.32. The Kier molecular flexibility index (Phi) is 2.08. The predicted octanol–water partition coefficient (Wildman–Crippen LogP) is 1.72. The van der Waals surface area contributed by atoms with Gasteiger partial charge in [-0.15, -0.1) is 0 Å². The average molecular weight is 188 g/mol. The van der Waals surface area contributed by atoms with Gasteiger partial charge in [-0.2, -0.15) is 0 Å². The minimum absolute atomic E-state index is 0.134. The number of fused-ring (bicyclic) bond motifs is 1. The Morgan fingerprint density at radius 2 is 2.21 bits per heavy atom. The molecule has 0 atom stereocenters. The molecular formula is C11H12N2O. The van der Waals surface area contributed by atoms with Crippen molar-refractivity contribution in [2.45, 2.75) is 6.92 Å². The SMILES string of the molecule is CCN(C)c1ccc2c(c1)C=NC2=O. The number of amides is 1. The number of carbonyl (C=O) groups is 1. The molecule has 0 aromatic heterocycles. The zero-order chi connectivity index (χ0) is 10.1. The first kappa shape index (κ1) is 8.94. The van der Waals surface area contributed by atoms with E-state index in [1.54, 1.807) is 6.21 Å². The molecule has 0 bridgehead atoms. The van der Waals surface area contributed by atoms with E-state index < -0.39 is 0 Å². The molecule has 72 valence electrons. The smallest absolute Gasteiger partial charge is 0.277 e. The average Bonchev–Trinajstić information content (AvgIpc) is 2.59. The standard InChI is InChI=1S/C11H12N2O/c1-3-13(2)9-4-5-10-8(6-9)7-12-11(10)14/h4-7H,3H2,1-2H3. The van der Waals surface area contributed by atoms with Crippen molar-refractivity contribution in [3.8, 4) is 0 Å². The molecule has 1 amide bonds. The molecule has 0 spiro atoms. The maximum absolute atomic E-state index is 11.2. The van der Waals surface area contributed by atoms with Gasteiger partial charge in [0, 0.05) is 31.1 Å². The molecule has 0 radical (unpaired) electrons. The molecule has 0 unspecified atom stereocenters. The summed E-state index contributed by atoms with van der Waals surface area (Å²) in [6.45, 7) is 3.04. The lowest BCUT2D eigenvalue weighted by molar-refractivity contribution is 0.101. The lowest BCUT2D eigenvalue weighted by Gasteiger charge is -2.17. The highest BCUT2D eigenvalue weighted by atomic mass is 16.1. The summed E-state index contributed by atoms with van der Waals surface area (Å²) in [7, 11) is 2.02. The van der Waals surface area contributed by atoms with Crippen molar-refractivity contribution in [2.75, 3.05) is 18.5 Å². The van der Waals surface area contributed by atoms with Crippen molar-refractivity contribution in [3.63, 3.8) is 0 Å². The second-order valence-corrected chi connectivity index (χ2v) is 3.35. The molecule has 0 saturated heterocycles. The Morgan fingerprint density at radius 1 is 1.43 bits per heavy atom. The maximum Gasteiger partial charge on any atom is 0.277 e. The lowest BCUT2D eigenvalue weighted by Crippen LogP contribution is -2.15. The second-order valence-electron chi connectivity index (χ2n) is 3.35. The number of carbonyl (C=O) groups excluding carboxylic acids is 1. The first-order valence-electron chi connectivity index (χ1n) is 4.66. The van der Waals surface area contributed by atoms with Crippen molar-refractivity contribution in [2.24, 2.45) is 4.99 Å². The van der Waals surface area contributed by atoms with E-state index in [4.69, 9.17) is 0 Å². The third-order valence-electron chi connectivity index (χ3n) is 2.50. The summed E-state index contributed by atoms with van der Waals surface area (Å²) in [4.78, 5) is 17.1. The molecule has 0 fully saturated rings. The van der Waals surface area contributed by atoms with Crippen LogP contribution in [0.1, 0.15) is 22.8 Å². The molecule has 0 N–H and O–H groups in total. The fourth-order valence-electron chi connectivity index (χ4n) is 1.47. The van der Waals surface area contributed by atoms with Crippen LogP contribution in [0.15, 0.2) is 23.2 Å². The molecule has 3 nitrogen and oxygen atoms in total. The summed E-state index contributed by atoms with van der Waals surface area (Å²) in [6.07, 6.45) is 1.63. The first-order valence-corrected chi connectivity index (χ1v) is 4.66. The van der Waals surface area contributed by atoms with E-state index in [0.717, 1.165) is 17.8 Å². The van der Waals surface area contributed by atoms with E-state index >= 15 is 0 Å². The summed E-state index contributed by atoms with van der Waals surface area (Å²) in [6, 6.07) is 5.79. The van der Waals surface area contributed by atoms with Gasteiger partial charge >= 0.3 is 0 Å². The molecule has 3 heteroatoms. The molecule has 1 aliphatic rings. The third kappa shape index (κ3) is 1.31. The number of hydrogen-bond acceptors (Lipinski definition) is 2. The van der Waals surface area contributed by atoms with Crippen LogP contribution < -0.4 is 4.90 Å². The van der Waals surface area contributed by atoms with Gasteiger partial charge in [0.1, 0.15) is 0 Å². The number of anilines is 1. The fourth-order valence-corrected chi connectivity index (χ4v) is 1.47. The first-order chi connectivity index (χ1) is 6.72. The van der Waals surface area contributed by atoms with Gasteiger partial charge < -0.3 is 4.90 Å². The van der Waals surface area contributed by atoms with Crippen LogP contribution in [-0.4, -0.2) is 25.7 Å². The highest BCUT2D eigenvalue weighted by Gasteiger charge is 2.15. The molecule has 14 heavy (non-hydrogen) atoms. The quantitative estimate of drug-likeness (QED) is 0.707. The van der Waals surface area contributed by atoms with Gasteiger partial charge in [-0.25, -0.2) is 4.99 Å². The summed E-state index contributed by atoms with van der Waals surface area (Å²) in [5.41, 5.74) is 2.75. The topological polar surface area (TPSA) is 32.7 Å². The van der Waals surface area contributed by atoms with E-state index in [9.17, 15) is 4.79 Å². The highest BCUT2D eigenvalue weighted by Crippen LogP contribution is 2.21.